The molecule has 1 aromatic rings. The van der Waals surface area contributed by atoms with Crippen LogP contribution in [-0.4, -0.2) is 22.7 Å². The van der Waals surface area contributed by atoms with Gasteiger partial charge in [0.2, 0.25) is 5.72 Å². The highest BCUT2D eigenvalue weighted by atomic mass is 16.5. The molecule has 0 radical (unpaired) electrons. The van der Waals surface area contributed by atoms with Crippen LogP contribution >= 0.6 is 0 Å². The van der Waals surface area contributed by atoms with Crippen LogP contribution in [0.1, 0.15) is 5.56 Å². The highest BCUT2D eigenvalue weighted by Gasteiger charge is 2.33. The van der Waals surface area contributed by atoms with Crippen molar-refractivity contribution in [2.24, 2.45) is 5.73 Å². The molecule has 0 aliphatic carbocycles. The minimum absolute atomic E-state index is 0.00181. The summed E-state index contributed by atoms with van der Waals surface area (Å²) in [6, 6.07) is 8.90. The Bertz CT molecular complexity index is 407. The van der Waals surface area contributed by atoms with Crippen LogP contribution < -0.4 is 5.73 Å². The molecule has 1 atom stereocenters. The van der Waals surface area contributed by atoms with Gasteiger partial charge in [-0.25, -0.2) is 9.59 Å². The molecular weight excluding hydrogens is 210 g/mol. The van der Waals surface area contributed by atoms with E-state index in [4.69, 9.17) is 15.6 Å². The molecule has 5 heteroatoms. The number of hydrogen-bond acceptors (Lipinski definition) is 4. The first-order valence-corrected chi connectivity index (χ1v) is 4.50. The molecular formula is C11H11NO4. The van der Waals surface area contributed by atoms with E-state index in [1.807, 2.05) is 6.07 Å². The van der Waals surface area contributed by atoms with Crippen molar-refractivity contribution in [2.45, 2.75) is 12.3 Å². The number of nitrogens with two attached hydrogens (primary N) is 1. The van der Waals surface area contributed by atoms with Gasteiger partial charge in [0.25, 0.3) is 0 Å². The van der Waals surface area contributed by atoms with Crippen LogP contribution in [0.4, 0.5) is 0 Å². The van der Waals surface area contributed by atoms with Gasteiger partial charge >= 0.3 is 5.97 Å². The molecule has 0 aliphatic rings. The number of hydrogen-bond donors (Lipinski definition) is 2. The van der Waals surface area contributed by atoms with Crippen LogP contribution in [0.5, 0.6) is 0 Å². The van der Waals surface area contributed by atoms with Gasteiger partial charge in [0.15, 0.2) is 0 Å². The van der Waals surface area contributed by atoms with Crippen LogP contribution in [0.25, 0.3) is 0 Å². The van der Waals surface area contributed by atoms with E-state index in [1.54, 1.807) is 24.3 Å². The number of carboxylic acids is 1. The lowest BCUT2D eigenvalue weighted by Gasteiger charge is -2.19. The highest BCUT2D eigenvalue weighted by Crippen LogP contribution is 2.09. The smallest absolute Gasteiger partial charge is 0.356 e. The van der Waals surface area contributed by atoms with Crippen LogP contribution in [0.2, 0.25) is 0 Å². The van der Waals surface area contributed by atoms with Crippen LogP contribution in [-0.2, 0) is 20.9 Å². The zero-order valence-corrected chi connectivity index (χ0v) is 8.42. The predicted octanol–water partition coefficient (Wildman–Crippen LogP) is 0.331. The number of carbonyl (C=O) groups excluding carboxylic acids is 1. The molecule has 0 aromatic heterocycles. The van der Waals surface area contributed by atoms with E-state index in [0.29, 0.717) is 6.08 Å². The Kier molecular flexibility index (Phi) is 3.96. The molecule has 0 bridgehead atoms. The molecule has 5 nitrogen and oxygen atoms in total. The quantitative estimate of drug-likeness (QED) is 0.552. The van der Waals surface area contributed by atoms with E-state index >= 15 is 0 Å². The van der Waals surface area contributed by atoms with Gasteiger partial charge in [-0.1, -0.05) is 30.3 Å². The first-order valence-electron chi connectivity index (χ1n) is 4.50. The lowest BCUT2D eigenvalue weighted by atomic mass is 10.2. The Morgan fingerprint density at radius 3 is 2.62 bits per heavy atom. The van der Waals surface area contributed by atoms with E-state index in [-0.39, 0.29) is 6.61 Å². The Balaban J connectivity index is 2.72. The molecule has 0 heterocycles. The summed E-state index contributed by atoms with van der Waals surface area (Å²) in [6.45, 7) is 0.00181. The maximum Gasteiger partial charge on any atom is 0.356 e. The first-order chi connectivity index (χ1) is 7.58. The summed E-state index contributed by atoms with van der Waals surface area (Å²) in [5.74, 6) is -0.118. The van der Waals surface area contributed by atoms with Crippen molar-refractivity contribution in [3.63, 3.8) is 0 Å². The zero-order chi connectivity index (χ0) is 12.0. The number of rotatable bonds is 5. The fourth-order valence-electron chi connectivity index (χ4n) is 1.03. The lowest BCUT2D eigenvalue weighted by molar-refractivity contribution is -0.160. The van der Waals surface area contributed by atoms with Crippen molar-refractivity contribution < 1.29 is 19.4 Å². The zero-order valence-electron chi connectivity index (χ0n) is 8.42. The van der Waals surface area contributed by atoms with Gasteiger partial charge in [-0.05, 0) is 5.56 Å². The molecule has 0 saturated carbocycles. The molecule has 0 saturated heterocycles. The van der Waals surface area contributed by atoms with Crippen molar-refractivity contribution in [1.29, 1.82) is 0 Å². The van der Waals surface area contributed by atoms with Gasteiger partial charge in [0.05, 0.1) is 12.7 Å². The van der Waals surface area contributed by atoms with Crippen LogP contribution in [0.15, 0.2) is 36.4 Å². The van der Waals surface area contributed by atoms with E-state index < -0.39 is 11.7 Å². The molecule has 0 aliphatic heterocycles. The topological polar surface area (TPSA) is 89.6 Å². The second kappa shape index (κ2) is 5.23. The Morgan fingerprint density at radius 1 is 1.50 bits per heavy atom. The molecule has 3 N–H and O–H groups in total. The minimum Gasteiger partial charge on any atom is -0.478 e. The molecule has 16 heavy (non-hydrogen) atoms. The summed E-state index contributed by atoms with van der Waals surface area (Å²) in [7, 11) is 0. The van der Waals surface area contributed by atoms with E-state index in [9.17, 15) is 9.59 Å². The van der Waals surface area contributed by atoms with E-state index in [2.05, 4.69) is 0 Å². The molecule has 1 unspecified atom stereocenters. The van der Waals surface area contributed by atoms with Crippen molar-refractivity contribution in [2.75, 3.05) is 0 Å². The predicted molar refractivity (Wildman–Crippen MR) is 56.0 cm³/mol. The summed E-state index contributed by atoms with van der Waals surface area (Å²) in [4.78, 5) is 20.9. The standard InChI is InChI=1S/C11H11NO4/c12-11(6-7-13,10(14)15)16-8-9-4-2-1-3-5-9/h1-6H,8,12H2,(H,14,15). The number of carboxylic acid groups (broad SMARTS) is 1. The lowest BCUT2D eigenvalue weighted by Crippen LogP contribution is -2.48. The van der Waals surface area contributed by atoms with Gasteiger partial charge in [-0.2, -0.15) is 0 Å². The average Bonchev–Trinajstić information content (AvgIpc) is 2.28. The number of ether oxygens (including phenoxy) is 1. The molecule has 0 spiro atoms. The number of benzene rings is 1. The van der Waals surface area contributed by atoms with Crippen LogP contribution in [0, 0.1) is 0 Å². The van der Waals surface area contributed by atoms with E-state index in [1.165, 1.54) is 5.94 Å². The summed E-state index contributed by atoms with van der Waals surface area (Å²) in [5.41, 5.74) is 3.99. The van der Waals surface area contributed by atoms with Crippen molar-refractivity contribution in [1.82, 2.24) is 0 Å². The monoisotopic (exact) mass is 221 g/mol. The normalized spacial score (nSPS) is 13.6. The van der Waals surface area contributed by atoms with Crippen molar-refractivity contribution >= 4 is 11.9 Å². The molecule has 0 amide bonds. The SMILES string of the molecule is NC(C=C=O)(OCc1ccccc1)C(=O)O. The fraction of sp³-hybridized carbons (Fsp3) is 0.182. The third-order valence-electron chi connectivity index (χ3n) is 1.93. The molecule has 84 valence electrons. The van der Waals surface area contributed by atoms with Gasteiger partial charge in [0.1, 0.15) is 5.94 Å². The maximum absolute atomic E-state index is 10.8. The Hall–Kier alpha value is -1.94. The van der Waals surface area contributed by atoms with Crippen molar-refractivity contribution in [3.05, 3.63) is 42.0 Å². The second-order valence-electron chi connectivity index (χ2n) is 3.13. The second-order valence-corrected chi connectivity index (χ2v) is 3.13. The minimum atomic E-state index is -2.13. The summed E-state index contributed by atoms with van der Waals surface area (Å²) >= 11 is 0. The largest absolute Gasteiger partial charge is 0.478 e. The highest BCUT2D eigenvalue weighted by molar-refractivity contribution is 5.81. The van der Waals surface area contributed by atoms with Gasteiger partial charge < -0.3 is 9.84 Å². The number of carbonyl (C=O) groups is 1. The number of aliphatic carboxylic acids is 1. The third-order valence-corrected chi connectivity index (χ3v) is 1.93. The summed E-state index contributed by atoms with van der Waals surface area (Å²) < 4.78 is 4.98. The van der Waals surface area contributed by atoms with E-state index in [0.717, 1.165) is 5.56 Å². The molecule has 1 rings (SSSR count). The molecule has 1 aromatic carbocycles. The van der Waals surface area contributed by atoms with Crippen molar-refractivity contribution in [3.8, 4) is 0 Å². The Morgan fingerprint density at radius 2 is 2.12 bits per heavy atom. The maximum atomic E-state index is 10.8. The fourth-order valence-corrected chi connectivity index (χ4v) is 1.03. The van der Waals surface area contributed by atoms with Gasteiger partial charge in [-0.3, -0.25) is 5.73 Å². The summed E-state index contributed by atoms with van der Waals surface area (Å²) in [6.07, 6.45) is 0.637. The molecule has 0 fully saturated rings. The van der Waals surface area contributed by atoms with Gasteiger partial charge in [-0.15, -0.1) is 0 Å². The Labute approximate surface area is 92.1 Å². The first kappa shape index (κ1) is 12.1. The average molecular weight is 221 g/mol. The van der Waals surface area contributed by atoms with Crippen LogP contribution in [0.3, 0.4) is 0 Å². The van der Waals surface area contributed by atoms with Gasteiger partial charge in [0, 0.05) is 0 Å². The third kappa shape index (κ3) is 3.03. The summed E-state index contributed by atoms with van der Waals surface area (Å²) in [5, 5.41) is 8.78.